The van der Waals surface area contributed by atoms with Gasteiger partial charge in [-0.2, -0.15) is 0 Å². The van der Waals surface area contributed by atoms with Crippen LogP contribution in [0, 0.1) is 0 Å². The van der Waals surface area contributed by atoms with E-state index < -0.39 is 6.10 Å². The fourth-order valence-corrected chi connectivity index (χ4v) is 2.12. The number of rotatable bonds is 7. The second-order valence-electron chi connectivity index (χ2n) is 4.74. The number of carbonyl (C=O) groups excluding carboxylic acids is 1. The predicted octanol–water partition coefficient (Wildman–Crippen LogP) is 2.78. The highest BCUT2D eigenvalue weighted by molar-refractivity contribution is 6.35. The van der Waals surface area contributed by atoms with Crippen LogP contribution in [0.3, 0.4) is 0 Å². The summed E-state index contributed by atoms with van der Waals surface area (Å²) in [7, 11) is 1.63. The van der Waals surface area contributed by atoms with Crippen molar-refractivity contribution in [3.8, 4) is 5.75 Å². The zero-order chi connectivity index (χ0) is 15.8. The lowest BCUT2D eigenvalue weighted by molar-refractivity contribution is 0.143. The number of aliphatic hydroxyl groups is 1. The van der Waals surface area contributed by atoms with Crippen molar-refractivity contribution >= 4 is 29.2 Å². The Morgan fingerprint density at radius 1 is 1.48 bits per heavy atom. The zero-order valence-electron chi connectivity index (χ0n) is 12.1. The maximum Gasteiger partial charge on any atom is 0.317 e. The highest BCUT2D eigenvalue weighted by Gasteiger charge is 2.09. The minimum Gasteiger partial charge on any atom is -0.492 e. The van der Waals surface area contributed by atoms with Crippen LogP contribution in [-0.2, 0) is 0 Å². The van der Waals surface area contributed by atoms with Crippen LogP contribution in [0.1, 0.15) is 13.3 Å². The molecule has 2 amide bonds. The lowest BCUT2D eigenvalue weighted by atomic mass is 10.3. The summed E-state index contributed by atoms with van der Waals surface area (Å²) < 4.78 is 5.50. The molecule has 2 N–H and O–H groups in total. The lowest BCUT2D eigenvalue weighted by Gasteiger charge is -2.19. The normalized spacial score (nSPS) is 11.9. The van der Waals surface area contributed by atoms with Crippen molar-refractivity contribution in [3.05, 3.63) is 28.2 Å². The number of hydrogen-bond donors (Lipinski definition) is 2. The Morgan fingerprint density at radius 2 is 2.19 bits per heavy atom. The molecule has 0 saturated carbocycles. The van der Waals surface area contributed by atoms with Gasteiger partial charge in [0.25, 0.3) is 0 Å². The van der Waals surface area contributed by atoms with Crippen molar-refractivity contribution in [1.82, 2.24) is 10.2 Å². The highest BCUT2D eigenvalue weighted by Crippen LogP contribution is 2.27. The summed E-state index contributed by atoms with van der Waals surface area (Å²) in [6.45, 7) is 2.84. The van der Waals surface area contributed by atoms with Gasteiger partial charge in [0, 0.05) is 25.2 Å². The van der Waals surface area contributed by atoms with Crippen LogP contribution in [-0.4, -0.2) is 48.9 Å². The van der Waals surface area contributed by atoms with E-state index in [2.05, 4.69) is 5.32 Å². The molecule has 0 aliphatic carbocycles. The van der Waals surface area contributed by atoms with E-state index in [1.807, 2.05) is 0 Å². The molecule has 0 saturated heterocycles. The minimum absolute atomic E-state index is 0.222. The molecule has 0 aromatic heterocycles. The molecule has 1 unspecified atom stereocenters. The van der Waals surface area contributed by atoms with Gasteiger partial charge in [0.1, 0.15) is 5.75 Å². The molecule has 0 spiro atoms. The van der Waals surface area contributed by atoms with Gasteiger partial charge in [-0.25, -0.2) is 4.79 Å². The van der Waals surface area contributed by atoms with Gasteiger partial charge in [0.15, 0.2) is 0 Å². The maximum atomic E-state index is 11.6. The fourth-order valence-electron chi connectivity index (χ4n) is 1.66. The van der Waals surface area contributed by atoms with Gasteiger partial charge in [0.05, 0.1) is 17.7 Å². The van der Waals surface area contributed by atoms with E-state index >= 15 is 0 Å². The van der Waals surface area contributed by atoms with Crippen LogP contribution in [0.25, 0.3) is 0 Å². The first-order valence-electron chi connectivity index (χ1n) is 6.65. The molecule has 0 radical (unpaired) electrons. The molecule has 0 aliphatic heterocycles. The van der Waals surface area contributed by atoms with E-state index in [0.717, 1.165) is 0 Å². The number of nitrogens with one attached hydrogen (secondary N) is 1. The summed E-state index contributed by atoms with van der Waals surface area (Å²) in [5, 5.41) is 12.9. The SMILES string of the molecule is CC(O)CN(C)C(=O)NCCCOc1ccc(Cl)cc1Cl. The Balaban J connectivity index is 2.21. The van der Waals surface area contributed by atoms with E-state index in [9.17, 15) is 9.90 Å². The number of hydrogen-bond acceptors (Lipinski definition) is 3. The lowest BCUT2D eigenvalue weighted by Crippen LogP contribution is -2.41. The predicted molar refractivity (Wildman–Crippen MR) is 84.3 cm³/mol. The highest BCUT2D eigenvalue weighted by atomic mass is 35.5. The van der Waals surface area contributed by atoms with E-state index in [4.69, 9.17) is 27.9 Å². The van der Waals surface area contributed by atoms with E-state index in [-0.39, 0.29) is 6.03 Å². The minimum atomic E-state index is -0.545. The summed E-state index contributed by atoms with van der Waals surface area (Å²) in [6.07, 6.45) is 0.101. The number of amides is 2. The summed E-state index contributed by atoms with van der Waals surface area (Å²) in [5.41, 5.74) is 0. The average Bonchev–Trinajstić information content (AvgIpc) is 2.39. The third-order valence-corrected chi connectivity index (χ3v) is 3.16. The van der Waals surface area contributed by atoms with Crippen molar-refractivity contribution < 1.29 is 14.6 Å². The van der Waals surface area contributed by atoms with Crippen LogP contribution in [0.15, 0.2) is 18.2 Å². The first kappa shape index (κ1) is 17.9. The van der Waals surface area contributed by atoms with Crippen LogP contribution in [0.5, 0.6) is 5.75 Å². The molecule has 0 bridgehead atoms. The van der Waals surface area contributed by atoms with Gasteiger partial charge >= 0.3 is 6.03 Å². The van der Waals surface area contributed by atoms with Crippen molar-refractivity contribution in [2.24, 2.45) is 0 Å². The van der Waals surface area contributed by atoms with Crippen molar-refractivity contribution in [2.75, 3.05) is 26.7 Å². The van der Waals surface area contributed by atoms with Gasteiger partial charge in [-0.3, -0.25) is 0 Å². The molecule has 1 rings (SSSR count). The second-order valence-corrected chi connectivity index (χ2v) is 5.58. The molecule has 0 heterocycles. The number of urea groups is 1. The smallest absolute Gasteiger partial charge is 0.317 e. The Kier molecular flexibility index (Phi) is 7.64. The molecule has 21 heavy (non-hydrogen) atoms. The van der Waals surface area contributed by atoms with E-state index in [0.29, 0.717) is 41.9 Å². The molecule has 1 aromatic carbocycles. The first-order chi connectivity index (χ1) is 9.90. The molecule has 1 aromatic rings. The number of carbonyl (C=O) groups is 1. The Morgan fingerprint density at radius 3 is 2.81 bits per heavy atom. The van der Waals surface area contributed by atoms with Crippen LogP contribution in [0.2, 0.25) is 10.0 Å². The van der Waals surface area contributed by atoms with Gasteiger partial charge in [-0.1, -0.05) is 23.2 Å². The van der Waals surface area contributed by atoms with E-state index in [1.165, 1.54) is 4.90 Å². The Bertz CT molecular complexity index is 470. The molecule has 7 heteroatoms. The van der Waals surface area contributed by atoms with Gasteiger partial charge in [-0.05, 0) is 31.5 Å². The largest absolute Gasteiger partial charge is 0.492 e. The summed E-state index contributed by atoms with van der Waals surface area (Å²) in [4.78, 5) is 13.1. The maximum absolute atomic E-state index is 11.6. The molecular formula is C14H20Cl2N2O3. The summed E-state index contributed by atoms with van der Waals surface area (Å²) in [5.74, 6) is 0.568. The van der Waals surface area contributed by atoms with Crippen molar-refractivity contribution in [3.63, 3.8) is 0 Å². The van der Waals surface area contributed by atoms with Crippen molar-refractivity contribution in [2.45, 2.75) is 19.4 Å². The molecule has 0 aliphatic rings. The van der Waals surface area contributed by atoms with Crippen LogP contribution < -0.4 is 10.1 Å². The van der Waals surface area contributed by atoms with Gasteiger partial charge < -0.3 is 20.1 Å². The number of aliphatic hydroxyl groups excluding tert-OH is 1. The third-order valence-electron chi connectivity index (χ3n) is 2.63. The van der Waals surface area contributed by atoms with E-state index in [1.54, 1.807) is 32.2 Å². The topological polar surface area (TPSA) is 61.8 Å². The van der Waals surface area contributed by atoms with Crippen LogP contribution >= 0.6 is 23.2 Å². The number of ether oxygens (including phenoxy) is 1. The number of nitrogens with zero attached hydrogens (tertiary/aromatic N) is 1. The molecule has 118 valence electrons. The average molecular weight is 335 g/mol. The van der Waals surface area contributed by atoms with Gasteiger partial charge in [0.2, 0.25) is 0 Å². The quantitative estimate of drug-likeness (QED) is 0.753. The van der Waals surface area contributed by atoms with Crippen LogP contribution in [0.4, 0.5) is 4.79 Å². The zero-order valence-corrected chi connectivity index (χ0v) is 13.6. The van der Waals surface area contributed by atoms with Crippen molar-refractivity contribution in [1.29, 1.82) is 0 Å². The number of likely N-dealkylation sites (N-methyl/N-ethyl adjacent to an activating group) is 1. The standard InChI is InChI=1S/C14H20Cl2N2O3/c1-10(19)9-18(2)14(20)17-6-3-7-21-13-5-4-11(15)8-12(13)16/h4-5,8,10,19H,3,6-7,9H2,1-2H3,(H,17,20). The second kappa shape index (κ2) is 8.97. The summed E-state index contributed by atoms with van der Waals surface area (Å²) >= 11 is 11.8. The Hall–Kier alpha value is -1.17. The molecule has 5 nitrogen and oxygen atoms in total. The molecule has 0 fully saturated rings. The van der Waals surface area contributed by atoms with Gasteiger partial charge in [-0.15, -0.1) is 0 Å². The molecular weight excluding hydrogens is 315 g/mol. The number of halogens is 2. The molecule has 1 atom stereocenters. The number of benzene rings is 1. The third kappa shape index (κ3) is 6.89. The summed E-state index contributed by atoms with van der Waals surface area (Å²) in [6, 6.07) is 4.81. The first-order valence-corrected chi connectivity index (χ1v) is 7.40. The fraction of sp³-hybridized carbons (Fsp3) is 0.500. The Labute approximate surface area is 134 Å². The monoisotopic (exact) mass is 334 g/mol.